The van der Waals surface area contributed by atoms with E-state index in [-0.39, 0.29) is 12.7 Å². The highest BCUT2D eigenvalue weighted by molar-refractivity contribution is 7.14. The smallest absolute Gasteiger partial charge is 0.261 e. The number of amides is 1. The number of carbonyl (C=O) groups excluding carboxylic acids is 1. The summed E-state index contributed by atoms with van der Waals surface area (Å²) >= 11 is 1.49. The zero-order chi connectivity index (χ0) is 18.8. The molecule has 1 aliphatic rings. The molecule has 138 valence electrons. The van der Waals surface area contributed by atoms with E-state index < -0.39 is 0 Å². The van der Waals surface area contributed by atoms with Crippen molar-refractivity contribution in [1.29, 1.82) is 0 Å². The van der Waals surface area contributed by atoms with Gasteiger partial charge in [0.05, 0.1) is 12.0 Å². The van der Waals surface area contributed by atoms with Crippen LogP contribution >= 0.6 is 11.3 Å². The minimum absolute atomic E-state index is 0.0828. The van der Waals surface area contributed by atoms with E-state index in [1.807, 2.05) is 55.5 Å². The van der Waals surface area contributed by atoms with Crippen LogP contribution < -0.4 is 19.5 Å². The summed E-state index contributed by atoms with van der Waals surface area (Å²) in [5.41, 5.74) is 3.10. The molecular weight excluding hydrogens is 362 g/mol. The van der Waals surface area contributed by atoms with Gasteiger partial charge in [0.1, 0.15) is 5.75 Å². The second-order valence-electron chi connectivity index (χ2n) is 6.18. The number of benzene rings is 2. The molecule has 0 atom stereocenters. The third kappa shape index (κ3) is 3.61. The molecule has 1 aliphatic heterocycles. The van der Waals surface area contributed by atoms with E-state index in [4.69, 9.17) is 14.2 Å². The Labute approximate surface area is 161 Å². The van der Waals surface area contributed by atoms with Crippen molar-refractivity contribution < 1.29 is 19.0 Å². The zero-order valence-electron chi connectivity index (χ0n) is 15.1. The van der Waals surface area contributed by atoms with Gasteiger partial charge in [0.2, 0.25) is 6.79 Å². The van der Waals surface area contributed by atoms with Crippen molar-refractivity contribution in [1.82, 2.24) is 5.32 Å². The van der Waals surface area contributed by atoms with Gasteiger partial charge < -0.3 is 19.5 Å². The number of fused-ring (bicyclic) bond motifs is 1. The third-order valence-electron chi connectivity index (χ3n) is 4.43. The molecule has 3 aromatic rings. The minimum Gasteiger partial charge on any atom is -0.497 e. The number of methoxy groups -OCH3 is 1. The molecule has 1 N–H and O–H groups in total. The molecule has 0 saturated carbocycles. The lowest BCUT2D eigenvalue weighted by atomic mass is 10.1. The van der Waals surface area contributed by atoms with Gasteiger partial charge in [-0.1, -0.05) is 18.2 Å². The summed E-state index contributed by atoms with van der Waals surface area (Å²) < 4.78 is 15.9. The highest BCUT2D eigenvalue weighted by Gasteiger charge is 2.16. The number of ether oxygens (including phenoxy) is 3. The Morgan fingerprint density at radius 2 is 1.89 bits per heavy atom. The number of aryl methyl sites for hydroxylation is 1. The fourth-order valence-electron chi connectivity index (χ4n) is 2.97. The molecule has 4 rings (SSSR count). The molecule has 2 heterocycles. The summed E-state index contributed by atoms with van der Waals surface area (Å²) in [6.07, 6.45) is 0. The Hall–Kier alpha value is -2.99. The summed E-state index contributed by atoms with van der Waals surface area (Å²) in [5, 5.41) is 2.97. The summed E-state index contributed by atoms with van der Waals surface area (Å²) in [6, 6.07) is 15.5. The van der Waals surface area contributed by atoms with Crippen LogP contribution in [-0.4, -0.2) is 19.8 Å². The van der Waals surface area contributed by atoms with Gasteiger partial charge in [-0.3, -0.25) is 4.79 Å². The van der Waals surface area contributed by atoms with Crippen LogP contribution in [0.15, 0.2) is 48.5 Å². The zero-order valence-corrected chi connectivity index (χ0v) is 15.9. The van der Waals surface area contributed by atoms with Gasteiger partial charge in [-0.2, -0.15) is 0 Å². The Morgan fingerprint density at radius 3 is 2.67 bits per heavy atom. The first kappa shape index (κ1) is 17.4. The van der Waals surface area contributed by atoms with Crippen LogP contribution in [0.1, 0.15) is 20.1 Å². The predicted molar refractivity (Wildman–Crippen MR) is 105 cm³/mol. The number of thiophene rings is 1. The molecule has 0 radical (unpaired) electrons. The molecule has 5 nitrogen and oxygen atoms in total. The first-order valence-electron chi connectivity index (χ1n) is 8.55. The van der Waals surface area contributed by atoms with Crippen LogP contribution in [0, 0.1) is 6.92 Å². The summed E-state index contributed by atoms with van der Waals surface area (Å²) in [4.78, 5) is 14.4. The van der Waals surface area contributed by atoms with Crippen molar-refractivity contribution in [3.05, 3.63) is 63.8 Å². The topological polar surface area (TPSA) is 56.8 Å². The maximum atomic E-state index is 12.6. The lowest BCUT2D eigenvalue weighted by molar-refractivity contribution is 0.0955. The normalized spacial score (nSPS) is 12.1. The van der Waals surface area contributed by atoms with Crippen LogP contribution in [0.2, 0.25) is 0 Å². The van der Waals surface area contributed by atoms with Crippen molar-refractivity contribution in [3.8, 4) is 28.4 Å². The minimum atomic E-state index is -0.0828. The molecular formula is C21H19NO4S. The van der Waals surface area contributed by atoms with Crippen LogP contribution in [0.4, 0.5) is 0 Å². The standard InChI is InChI=1S/C21H19NO4S/c1-13-17(15-4-6-16(24-2)7-5-15)10-20(27-13)21(23)22-11-14-3-8-18-19(9-14)26-12-25-18/h3-10H,11-12H2,1-2H3,(H,22,23). The Kier molecular flexibility index (Phi) is 4.73. The molecule has 0 saturated heterocycles. The summed E-state index contributed by atoms with van der Waals surface area (Å²) in [5.74, 6) is 2.19. The fraction of sp³-hybridized carbons (Fsp3) is 0.190. The van der Waals surface area contributed by atoms with Crippen LogP contribution in [0.25, 0.3) is 11.1 Å². The molecule has 0 aliphatic carbocycles. The largest absolute Gasteiger partial charge is 0.497 e. The molecule has 0 unspecified atom stereocenters. The van der Waals surface area contributed by atoms with Gasteiger partial charge in [0.25, 0.3) is 5.91 Å². The second kappa shape index (κ2) is 7.32. The second-order valence-corrected chi connectivity index (χ2v) is 7.44. The van der Waals surface area contributed by atoms with E-state index in [0.717, 1.165) is 38.8 Å². The van der Waals surface area contributed by atoms with E-state index >= 15 is 0 Å². The van der Waals surface area contributed by atoms with E-state index in [9.17, 15) is 4.79 Å². The molecule has 27 heavy (non-hydrogen) atoms. The van der Waals surface area contributed by atoms with Gasteiger partial charge in [-0.15, -0.1) is 11.3 Å². The lowest BCUT2D eigenvalue weighted by Crippen LogP contribution is -2.21. The average Bonchev–Trinajstić information content (AvgIpc) is 3.32. The van der Waals surface area contributed by atoms with Crippen LogP contribution in [0.5, 0.6) is 17.2 Å². The maximum absolute atomic E-state index is 12.6. The lowest BCUT2D eigenvalue weighted by Gasteiger charge is -2.05. The molecule has 0 spiro atoms. The Morgan fingerprint density at radius 1 is 1.11 bits per heavy atom. The monoisotopic (exact) mass is 381 g/mol. The first-order valence-corrected chi connectivity index (χ1v) is 9.37. The fourth-order valence-corrected chi connectivity index (χ4v) is 3.93. The number of hydrogen-bond donors (Lipinski definition) is 1. The predicted octanol–water partition coefficient (Wildman–Crippen LogP) is 4.39. The summed E-state index contributed by atoms with van der Waals surface area (Å²) in [7, 11) is 1.65. The molecule has 0 fully saturated rings. The van der Waals surface area contributed by atoms with Crippen molar-refractivity contribution in [2.45, 2.75) is 13.5 Å². The van der Waals surface area contributed by atoms with E-state index in [1.54, 1.807) is 7.11 Å². The average molecular weight is 381 g/mol. The first-order chi connectivity index (χ1) is 13.1. The summed E-state index contributed by atoms with van der Waals surface area (Å²) in [6.45, 7) is 2.71. The van der Waals surface area contributed by atoms with E-state index in [2.05, 4.69) is 5.32 Å². The number of hydrogen-bond acceptors (Lipinski definition) is 5. The van der Waals surface area contributed by atoms with Gasteiger partial charge in [0, 0.05) is 11.4 Å². The van der Waals surface area contributed by atoms with E-state index in [0.29, 0.717) is 11.4 Å². The highest BCUT2D eigenvalue weighted by atomic mass is 32.1. The van der Waals surface area contributed by atoms with Gasteiger partial charge >= 0.3 is 0 Å². The van der Waals surface area contributed by atoms with Crippen molar-refractivity contribution >= 4 is 17.2 Å². The van der Waals surface area contributed by atoms with Gasteiger partial charge in [-0.25, -0.2) is 0 Å². The van der Waals surface area contributed by atoms with Gasteiger partial charge in [-0.05, 0) is 53.9 Å². The Balaban J connectivity index is 1.46. The van der Waals surface area contributed by atoms with Crippen molar-refractivity contribution in [2.24, 2.45) is 0 Å². The van der Waals surface area contributed by atoms with Crippen LogP contribution in [0.3, 0.4) is 0 Å². The van der Waals surface area contributed by atoms with Crippen LogP contribution in [-0.2, 0) is 6.54 Å². The van der Waals surface area contributed by atoms with Gasteiger partial charge in [0.15, 0.2) is 11.5 Å². The number of nitrogens with one attached hydrogen (secondary N) is 1. The maximum Gasteiger partial charge on any atom is 0.261 e. The van der Waals surface area contributed by atoms with Crippen molar-refractivity contribution in [3.63, 3.8) is 0 Å². The van der Waals surface area contributed by atoms with Crippen molar-refractivity contribution in [2.75, 3.05) is 13.9 Å². The highest BCUT2D eigenvalue weighted by Crippen LogP contribution is 2.33. The molecule has 2 aromatic carbocycles. The number of carbonyl (C=O) groups is 1. The molecule has 1 amide bonds. The van der Waals surface area contributed by atoms with E-state index in [1.165, 1.54) is 11.3 Å². The molecule has 1 aromatic heterocycles. The Bertz CT molecular complexity index is 978. The number of rotatable bonds is 5. The SMILES string of the molecule is COc1ccc(-c2cc(C(=O)NCc3ccc4c(c3)OCO4)sc2C)cc1. The molecule has 0 bridgehead atoms. The quantitative estimate of drug-likeness (QED) is 0.712. The molecule has 6 heteroatoms. The third-order valence-corrected chi connectivity index (χ3v) is 5.48.